The van der Waals surface area contributed by atoms with Gasteiger partial charge in [0.05, 0.1) is 0 Å². The molecule has 0 radical (unpaired) electrons. The molecule has 0 bridgehead atoms. The summed E-state index contributed by atoms with van der Waals surface area (Å²) in [6, 6.07) is 7.47. The van der Waals surface area contributed by atoms with E-state index in [0.717, 1.165) is 12.8 Å². The summed E-state index contributed by atoms with van der Waals surface area (Å²) < 4.78 is 0. The molecule has 0 aliphatic rings. The lowest BCUT2D eigenvalue weighted by Gasteiger charge is -2.02. The van der Waals surface area contributed by atoms with Crippen molar-refractivity contribution in [2.75, 3.05) is 0 Å². The number of allylic oxidation sites excluding steroid dienone is 2. The van der Waals surface area contributed by atoms with E-state index in [9.17, 15) is 0 Å². The van der Waals surface area contributed by atoms with Gasteiger partial charge < -0.3 is 5.11 Å². The molecule has 0 saturated carbocycles. The van der Waals surface area contributed by atoms with Crippen LogP contribution >= 0.6 is 0 Å². The Labute approximate surface area is 86.1 Å². The highest BCUT2D eigenvalue weighted by molar-refractivity contribution is 5.25. The lowest BCUT2D eigenvalue weighted by Crippen LogP contribution is -1.85. The number of phenols is 1. The van der Waals surface area contributed by atoms with E-state index < -0.39 is 0 Å². The topological polar surface area (TPSA) is 20.2 Å². The van der Waals surface area contributed by atoms with Gasteiger partial charge in [0.2, 0.25) is 0 Å². The Morgan fingerprint density at radius 2 is 1.93 bits per heavy atom. The summed E-state index contributed by atoms with van der Waals surface area (Å²) in [4.78, 5) is 0. The van der Waals surface area contributed by atoms with Gasteiger partial charge in [-0.25, -0.2) is 0 Å². The minimum absolute atomic E-state index is 0.346. The highest BCUT2D eigenvalue weighted by atomic mass is 16.3. The fourth-order valence-corrected chi connectivity index (χ4v) is 1.38. The van der Waals surface area contributed by atoms with Crippen LogP contribution in [0.4, 0.5) is 0 Å². The molecule has 1 rings (SSSR count). The fourth-order valence-electron chi connectivity index (χ4n) is 1.38. The van der Waals surface area contributed by atoms with Gasteiger partial charge in [0.25, 0.3) is 0 Å². The lowest BCUT2D eigenvalue weighted by molar-refractivity contribution is 0.475. The third kappa shape index (κ3) is 3.65. The molecule has 0 heterocycles. The van der Waals surface area contributed by atoms with Gasteiger partial charge in [0.15, 0.2) is 0 Å². The Kier molecular flexibility index (Phi) is 4.24. The number of hydrogen-bond donors (Lipinski definition) is 1. The van der Waals surface area contributed by atoms with Crippen LogP contribution in [0.15, 0.2) is 35.9 Å². The molecule has 0 amide bonds. The summed E-state index contributed by atoms with van der Waals surface area (Å²) in [6.45, 7) is 4.24. The van der Waals surface area contributed by atoms with E-state index in [2.05, 4.69) is 19.9 Å². The van der Waals surface area contributed by atoms with Gasteiger partial charge in [-0.2, -0.15) is 0 Å². The second kappa shape index (κ2) is 5.48. The zero-order valence-electron chi connectivity index (χ0n) is 8.96. The summed E-state index contributed by atoms with van der Waals surface area (Å²) in [5.74, 6) is 0.346. The van der Waals surface area contributed by atoms with Crippen LogP contribution in [0.2, 0.25) is 0 Å². The number of aryl methyl sites for hydroxylation is 1. The van der Waals surface area contributed by atoms with Crippen molar-refractivity contribution in [1.82, 2.24) is 0 Å². The van der Waals surface area contributed by atoms with Crippen LogP contribution in [0.25, 0.3) is 0 Å². The summed E-state index contributed by atoms with van der Waals surface area (Å²) in [5, 5.41) is 9.10. The van der Waals surface area contributed by atoms with Crippen molar-refractivity contribution in [3.8, 4) is 5.75 Å². The van der Waals surface area contributed by atoms with E-state index >= 15 is 0 Å². The summed E-state index contributed by atoms with van der Waals surface area (Å²) in [7, 11) is 0. The molecule has 1 aromatic rings. The van der Waals surface area contributed by atoms with Crippen molar-refractivity contribution in [3.63, 3.8) is 0 Å². The first-order chi connectivity index (χ1) is 6.72. The first kappa shape index (κ1) is 10.8. The second-order valence-corrected chi connectivity index (χ2v) is 3.66. The van der Waals surface area contributed by atoms with Gasteiger partial charge in [-0.05, 0) is 50.8 Å². The van der Waals surface area contributed by atoms with Crippen LogP contribution in [0.1, 0.15) is 32.3 Å². The number of hydrogen-bond acceptors (Lipinski definition) is 1. The standard InChI is InChI=1S/C13H18O/c1-3-11(2)5-4-6-12-7-9-13(14)10-8-12/h3,7-10,14H,4-6H2,1-2H3. The van der Waals surface area contributed by atoms with Crippen molar-refractivity contribution in [2.24, 2.45) is 0 Å². The molecule has 0 unspecified atom stereocenters. The molecule has 1 nitrogen and oxygen atoms in total. The molecule has 1 heteroatoms. The summed E-state index contributed by atoms with van der Waals surface area (Å²) in [5.41, 5.74) is 2.75. The molecule has 1 aromatic carbocycles. The first-order valence-corrected chi connectivity index (χ1v) is 5.12. The Bertz CT molecular complexity index is 296. The highest BCUT2D eigenvalue weighted by Crippen LogP contribution is 2.13. The van der Waals surface area contributed by atoms with E-state index in [-0.39, 0.29) is 0 Å². The van der Waals surface area contributed by atoms with E-state index in [1.54, 1.807) is 12.1 Å². The average molecular weight is 190 g/mol. The quantitative estimate of drug-likeness (QED) is 0.718. The summed E-state index contributed by atoms with van der Waals surface area (Å²) in [6.07, 6.45) is 5.60. The number of benzene rings is 1. The van der Waals surface area contributed by atoms with Crippen molar-refractivity contribution in [3.05, 3.63) is 41.5 Å². The Morgan fingerprint density at radius 3 is 2.50 bits per heavy atom. The largest absolute Gasteiger partial charge is 0.508 e. The van der Waals surface area contributed by atoms with Gasteiger partial charge in [-0.3, -0.25) is 0 Å². The van der Waals surface area contributed by atoms with E-state index in [0.29, 0.717) is 5.75 Å². The van der Waals surface area contributed by atoms with Crippen LogP contribution in [0, 0.1) is 0 Å². The minimum atomic E-state index is 0.346. The molecule has 0 fully saturated rings. The van der Waals surface area contributed by atoms with Crippen LogP contribution in [-0.4, -0.2) is 5.11 Å². The molecule has 0 aromatic heterocycles. The predicted molar refractivity (Wildman–Crippen MR) is 60.5 cm³/mol. The van der Waals surface area contributed by atoms with E-state index in [1.165, 1.54) is 17.6 Å². The lowest BCUT2D eigenvalue weighted by atomic mass is 10.0. The molecule has 0 atom stereocenters. The maximum atomic E-state index is 9.10. The fraction of sp³-hybridized carbons (Fsp3) is 0.385. The molecule has 76 valence electrons. The third-order valence-corrected chi connectivity index (χ3v) is 2.47. The van der Waals surface area contributed by atoms with Crippen LogP contribution in [-0.2, 0) is 6.42 Å². The molecular weight excluding hydrogens is 172 g/mol. The summed E-state index contributed by atoms with van der Waals surface area (Å²) >= 11 is 0. The molecule has 0 aliphatic heterocycles. The van der Waals surface area contributed by atoms with Crippen LogP contribution < -0.4 is 0 Å². The normalized spacial score (nSPS) is 11.7. The zero-order chi connectivity index (χ0) is 10.4. The first-order valence-electron chi connectivity index (χ1n) is 5.12. The number of aromatic hydroxyl groups is 1. The Morgan fingerprint density at radius 1 is 1.29 bits per heavy atom. The molecule has 0 aliphatic carbocycles. The second-order valence-electron chi connectivity index (χ2n) is 3.66. The van der Waals surface area contributed by atoms with Gasteiger partial charge >= 0.3 is 0 Å². The molecule has 0 saturated heterocycles. The van der Waals surface area contributed by atoms with Crippen molar-refractivity contribution in [2.45, 2.75) is 33.1 Å². The molecule has 14 heavy (non-hydrogen) atoms. The van der Waals surface area contributed by atoms with Gasteiger partial charge in [-0.15, -0.1) is 0 Å². The smallest absolute Gasteiger partial charge is 0.115 e. The minimum Gasteiger partial charge on any atom is -0.508 e. The molecular formula is C13H18O. The van der Waals surface area contributed by atoms with Crippen molar-refractivity contribution >= 4 is 0 Å². The monoisotopic (exact) mass is 190 g/mol. The highest BCUT2D eigenvalue weighted by Gasteiger charge is 1.94. The number of phenolic OH excluding ortho intramolecular Hbond substituents is 1. The van der Waals surface area contributed by atoms with E-state index in [4.69, 9.17) is 5.11 Å². The predicted octanol–water partition coefficient (Wildman–Crippen LogP) is 3.68. The maximum absolute atomic E-state index is 9.10. The maximum Gasteiger partial charge on any atom is 0.115 e. The number of rotatable bonds is 4. The van der Waals surface area contributed by atoms with Crippen molar-refractivity contribution in [1.29, 1.82) is 0 Å². The van der Waals surface area contributed by atoms with E-state index in [1.807, 2.05) is 12.1 Å². The van der Waals surface area contributed by atoms with Crippen molar-refractivity contribution < 1.29 is 5.11 Å². The van der Waals surface area contributed by atoms with Gasteiger partial charge in [0, 0.05) is 0 Å². The molecule has 0 spiro atoms. The van der Waals surface area contributed by atoms with Crippen LogP contribution in [0.3, 0.4) is 0 Å². The van der Waals surface area contributed by atoms with Gasteiger partial charge in [-0.1, -0.05) is 23.8 Å². The Hall–Kier alpha value is -1.24. The average Bonchev–Trinajstić information content (AvgIpc) is 2.21. The molecule has 1 N–H and O–H groups in total. The van der Waals surface area contributed by atoms with Gasteiger partial charge in [0.1, 0.15) is 5.75 Å². The van der Waals surface area contributed by atoms with Crippen LogP contribution in [0.5, 0.6) is 5.75 Å². The SMILES string of the molecule is CC=C(C)CCCc1ccc(O)cc1. The third-order valence-electron chi connectivity index (χ3n) is 2.47. The zero-order valence-corrected chi connectivity index (χ0v) is 8.96. The Balaban J connectivity index is 2.35.